The monoisotopic (exact) mass is 467 g/mol. The van der Waals surface area contributed by atoms with Gasteiger partial charge in [-0.15, -0.1) is 11.3 Å². The SMILES string of the molecule is O=C(COC(=O)CCNC(=O)c1cccs1)Nc1cc(C(F)(F)F)ccc1-n1cncn1. The highest BCUT2D eigenvalue weighted by Crippen LogP contribution is 2.33. The molecule has 2 N–H and O–H groups in total. The number of carbonyl (C=O) groups is 3. The Bertz CT molecular complexity index is 1090. The Morgan fingerprint density at radius 2 is 2.00 bits per heavy atom. The zero-order chi connectivity index (χ0) is 23.1. The van der Waals surface area contributed by atoms with Crippen LogP contribution in [0.4, 0.5) is 18.9 Å². The average molecular weight is 467 g/mol. The Balaban J connectivity index is 1.54. The quantitative estimate of drug-likeness (QED) is 0.492. The molecule has 0 saturated heterocycles. The van der Waals surface area contributed by atoms with Crippen molar-refractivity contribution in [3.63, 3.8) is 0 Å². The van der Waals surface area contributed by atoms with Crippen molar-refractivity contribution in [2.24, 2.45) is 0 Å². The van der Waals surface area contributed by atoms with E-state index in [1.54, 1.807) is 17.5 Å². The van der Waals surface area contributed by atoms with Gasteiger partial charge in [-0.05, 0) is 29.6 Å². The Morgan fingerprint density at radius 1 is 1.19 bits per heavy atom. The summed E-state index contributed by atoms with van der Waals surface area (Å²) in [4.78, 5) is 39.9. The number of aromatic nitrogens is 3. The van der Waals surface area contributed by atoms with Gasteiger partial charge in [-0.3, -0.25) is 14.4 Å². The molecule has 2 aromatic heterocycles. The van der Waals surface area contributed by atoms with Gasteiger partial charge in [0.05, 0.1) is 28.2 Å². The van der Waals surface area contributed by atoms with E-state index < -0.39 is 30.2 Å². The lowest BCUT2D eigenvalue weighted by atomic mass is 10.1. The molecular weight excluding hydrogens is 451 g/mol. The van der Waals surface area contributed by atoms with E-state index in [9.17, 15) is 27.6 Å². The minimum Gasteiger partial charge on any atom is -0.456 e. The predicted octanol–water partition coefficient (Wildman–Crippen LogP) is 2.65. The summed E-state index contributed by atoms with van der Waals surface area (Å²) < 4.78 is 45.2. The van der Waals surface area contributed by atoms with Crippen molar-refractivity contribution in [3.8, 4) is 5.69 Å². The standard InChI is InChI=1S/C19H16F3N5O4S/c20-19(21,22)12-3-4-14(27-11-23-10-25-27)13(8-12)26-16(28)9-31-17(29)5-6-24-18(30)15-2-1-7-32-15/h1-4,7-8,10-11H,5-6,9H2,(H,24,30)(H,26,28). The summed E-state index contributed by atoms with van der Waals surface area (Å²) in [5.41, 5.74) is -1.02. The number of esters is 1. The first-order valence-corrected chi connectivity index (χ1v) is 9.95. The number of carbonyl (C=O) groups excluding carboxylic acids is 3. The third-order valence-electron chi connectivity index (χ3n) is 3.99. The van der Waals surface area contributed by atoms with Crippen LogP contribution in [0, 0.1) is 0 Å². The fourth-order valence-electron chi connectivity index (χ4n) is 2.52. The molecule has 0 atom stereocenters. The van der Waals surface area contributed by atoms with E-state index >= 15 is 0 Å². The molecule has 0 aliphatic rings. The Kier molecular flexibility index (Phi) is 7.20. The summed E-state index contributed by atoms with van der Waals surface area (Å²) in [7, 11) is 0. The Morgan fingerprint density at radius 3 is 2.66 bits per heavy atom. The zero-order valence-electron chi connectivity index (χ0n) is 16.3. The van der Waals surface area contributed by atoms with Gasteiger partial charge in [0.1, 0.15) is 12.7 Å². The van der Waals surface area contributed by atoms with E-state index in [2.05, 4.69) is 20.7 Å². The highest BCUT2D eigenvalue weighted by atomic mass is 32.1. The predicted molar refractivity (Wildman–Crippen MR) is 107 cm³/mol. The average Bonchev–Trinajstić information content (AvgIpc) is 3.45. The van der Waals surface area contributed by atoms with Crippen molar-refractivity contribution in [1.29, 1.82) is 0 Å². The van der Waals surface area contributed by atoms with Crippen LogP contribution in [0.3, 0.4) is 0 Å². The van der Waals surface area contributed by atoms with Crippen molar-refractivity contribution >= 4 is 34.8 Å². The summed E-state index contributed by atoms with van der Waals surface area (Å²) >= 11 is 1.25. The zero-order valence-corrected chi connectivity index (χ0v) is 17.1. The molecule has 3 rings (SSSR count). The van der Waals surface area contributed by atoms with Crippen LogP contribution in [0.25, 0.3) is 5.69 Å². The first-order chi connectivity index (χ1) is 15.2. The molecule has 0 spiro atoms. The number of nitrogens with one attached hydrogen (secondary N) is 2. The third kappa shape index (κ3) is 6.14. The smallest absolute Gasteiger partial charge is 0.416 e. The molecule has 168 valence electrons. The van der Waals surface area contributed by atoms with Crippen molar-refractivity contribution in [2.75, 3.05) is 18.5 Å². The van der Waals surface area contributed by atoms with Crippen LogP contribution in [0.15, 0.2) is 48.4 Å². The maximum Gasteiger partial charge on any atom is 0.416 e. The van der Waals surface area contributed by atoms with Crippen LogP contribution >= 0.6 is 11.3 Å². The second-order valence-electron chi connectivity index (χ2n) is 6.26. The second kappa shape index (κ2) is 10.0. The number of rotatable bonds is 8. The van der Waals surface area contributed by atoms with Gasteiger partial charge in [-0.2, -0.15) is 18.3 Å². The lowest BCUT2D eigenvalue weighted by Crippen LogP contribution is -2.27. The van der Waals surface area contributed by atoms with E-state index in [1.165, 1.54) is 28.7 Å². The molecule has 2 heterocycles. The van der Waals surface area contributed by atoms with Crippen LogP contribution in [0.1, 0.15) is 21.7 Å². The lowest BCUT2D eigenvalue weighted by Gasteiger charge is -2.14. The normalized spacial score (nSPS) is 11.1. The van der Waals surface area contributed by atoms with Gasteiger partial charge >= 0.3 is 12.1 Å². The highest BCUT2D eigenvalue weighted by Gasteiger charge is 2.31. The first kappa shape index (κ1) is 22.9. The van der Waals surface area contributed by atoms with Crippen molar-refractivity contribution in [3.05, 3.63) is 58.8 Å². The van der Waals surface area contributed by atoms with E-state index in [-0.39, 0.29) is 30.2 Å². The number of amides is 2. The van der Waals surface area contributed by atoms with Gasteiger partial charge in [-0.1, -0.05) is 6.07 Å². The number of thiophene rings is 1. The van der Waals surface area contributed by atoms with Crippen molar-refractivity contribution < 1.29 is 32.3 Å². The van der Waals surface area contributed by atoms with Gasteiger partial charge < -0.3 is 15.4 Å². The van der Waals surface area contributed by atoms with Gasteiger partial charge in [0.25, 0.3) is 11.8 Å². The molecule has 0 saturated carbocycles. The van der Waals surface area contributed by atoms with Gasteiger partial charge in [0, 0.05) is 6.54 Å². The van der Waals surface area contributed by atoms with E-state index in [4.69, 9.17) is 4.74 Å². The van der Waals surface area contributed by atoms with Crippen molar-refractivity contribution in [2.45, 2.75) is 12.6 Å². The molecule has 0 bridgehead atoms. The lowest BCUT2D eigenvalue weighted by molar-refractivity contribution is -0.147. The fraction of sp³-hybridized carbons (Fsp3) is 0.211. The van der Waals surface area contributed by atoms with E-state index in [0.717, 1.165) is 18.2 Å². The fourth-order valence-corrected chi connectivity index (χ4v) is 3.16. The second-order valence-corrected chi connectivity index (χ2v) is 7.21. The van der Waals surface area contributed by atoms with Crippen LogP contribution < -0.4 is 10.6 Å². The minimum atomic E-state index is -4.62. The van der Waals surface area contributed by atoms with Gasteiger partial charge in [0.15, 0.2) is 6.61 Å². The number of alkyl halides is 3. The van der Waals surface area contributed by atoms with Crippen molar-refractivity contribution in [1.82, 2.24) is 20.1 Å². The maximum absolute atomic E-state index is 13.1. The molecule has 3 aromatic rings. The number of anilines is 1. The molecule has 0 fully saturated rings. The Labute approximate surface area is 183 Å². The summed E-state index contributed by atoms with van der Waals surface area (Å²) in [5.74, 6) is -1.94. The summed E-state index contributed by atoms with van der Waals surface area (Å²) in [5, 5.41) is 10.4. The topological polar surface area (TPSA) is 115 Å². The number of halogens is 3. The molecule has 2 amide bonds. The number of hydrogen-bond acceptors (Lipinski definition) is 7. The molecule has 0 radical (unpaired) electrons. The van der Waals surface area contributed by atoms with Crippen LogP contribution in [0.5, 0.6) is 0 Å². The molecule has 0 aliphatic carbocycles. The summed E-state index contributed by atoms with van der Waals surface area (Å²) in [6, 6.07) is 6.07. The van der Waals surface area contributed by atoms with Crippen LogP contribution in [-0.4, -0.2) is 45.7 Å². The molecule has 0 unspecified atom stereocenters. The number of hydrogen-bond donors (Lipinski definition) is 2. The van der Waals surface area contributed by atoms with E-state index in [0.29, 0.717) is 4.88 Å². The molecule has 9 nitrogen and oxygen atoms in total. The molecule has 0 aliphatic heterocycles. The number of ether oxygens (including phenoxy) is 1. The molecule has 13 heteroatoms. The molecular formula is C19H16F3N5O4S. The first-order valence-electron chi connectivity index (χ1n) is 9.07. The highest BCUT2D eigenvalue weighted by molar-refractivity contribution is 7.12. The minimum absolute atomic E-state index is 0.00125. The van der Waals surface area contributed by atoms with Gasteiger partial charge in [-0.25, -0.2) is 9.67 Å². The molecule has 32 heavy (non-hydrogen) atoms. The summed E-state index contributed by atoms with van der Waals surface area (Å²) in [6.07, 6.45) is -2.37. The van der Waals surface area contributed by atoms with Gasteiger partial charge in [0.2, 0.25) is 0 Å². The Hall–Kier alpha value is -3.74. The number of benzene rings is 1. The maximum atomic E-state index is 13.1. The van der Waals surface area contributed by atoms with Crippen LogP contribution in [-0.2, 0) is 20.5 Å². The largest absolute Gasteiger partial charge is 0.456 e. The number of nitrogens with zero attached hydrogens (tertiary/aromatic N) is 3. The summed E-state index contributed by atoms with van der Waals surface area (Å²) in [6.45, 7) is -0.716. The van der Waals surface area contributed by atoms with Crippen LogP contribution in [0.2, 0.25) is 0 Å². The third-order valence-corrected chi connectivity index (χ3v) is 4.86. The molecule has 1 aromatic carbocycles. The van der Waals surface area contributed by atoms with E-state index in [1.807, 2.05) is 0 Å².